The van der Waals surface area contributed by atoms with Crippen LogP contribution in [0.1, 0.15) is 20.3 Å². The normalized spacial score (nSPS) is 12.1. The molecule has 22 heavy (non-hydrogen) atoms. The van der Waals surface area contributed by atoms with Crippen LogP contribution in [0.4, 0.5) is 5.69 Å². The van der Waals surface area contributed by atoms with Crippen LogP contribution >= 0.6 is 0 Å². The summed E-state index contributed by atoms with van der Waals surface area (Å²) in [6.45, 7) is 6.68. The van der Waals surface area contributed by atoms with Crippen molar-refractivity contribution < 1.29 is 4.74 Å². The first-order valence-electron chi connectivity index (χ1n) is 7.74. The van der Waals surface area contributed by atoms with E-state index in [0.717, 1.165) is 25.5 Å². The summed E-state index contributed by atoms with van der Waals surface area (Å²) in [6, 6.07) is 10.4. The van der Waals surface area contributed by atoms with Crippen LogP contribution in [-0.4, -0.2) is 52.4 Å². The molecule has 2 N–H and O–H groups in total. The highest BCUT2D eigenvalue weighted by atomic mass is 16.5. The fourth-order valence-electron chi connectivity index (χ4n) is 1.92. The van der Waals surface area contributed by atoms with Gasteiger partial charge in [0.25, 0.3) is 0 Å². The topological polar surface area (TPSA) is 48.9 Å². The Bertz CT molecular complexity index is 445. The van der Waals surface area contributed by atoms with Gasteiger partial charge in [0.05, 0.1) is 5.60 Å². The molecule has 0 heterocycles. The van der Waals surface area contributed by atoms with E-state index >= 15 is 0 Å². The summed E-state index contributed by atoms with van der Waals surface area (Å²) < 4.78 is 5.39. The van der Waals surface area contributed by atoms with Crippen LogP contribution in [0.5, 0.6) is 0 Å². The number of anilines is 1. The first kappa shape index (κ1) is 18.3. The highest BCUT2D eigenvalue weighted by Gasteiger charge is 2.16. The molecule has 0 aliphatic rings. The van der Waals surface area contributed by atoms with Gasteiger partial charge >= 0.3 is 0 Å². The summed E-state index contributed by atoms with van der Waals surface area (Å²) in [5, 5.41) is 6.61. The summed E-state index contributed by atoms with van der Waals surface area (Å²) in [7, 11) is 5.62. The fraction of sp³-hybridized carbons (Fsp3) is 0.588. The fourth-order valence-corrected chi connectivity index (χ4v) is 1.92. The van der Waals surface area contributed by atoms with E-state index in [2.05, 4.69) is 51.8 Å². The minimum absolute atomic E-state index is 0.203. The number of guanidine groups is 1. The number of aliphatic imine (C=N–C) groups is 1. The minimum atomic E-state index is -0.203. The van der Waals surface area contributed by atoms with E-state index in [-0.39, 0.29) is 5.60 Å². The van der Waals surface area contributed by atoms with E-state index in [0.29, 0.717) is 6.54 Å². The molecule has 124 valence electrons. The number of nitrogens with zero attached hydrogens (tertiary/aromatic N) is 2. The number of ether oxygens (including phenoxy) is 1. The summed E-state index contributed by atoms with van der Waals surface area (Å²) in [4.78, 5) is 6.48. The number of benzene rings is 1. The molecule has 0 aliphatic heterocycles. The lowest BCUT2D eigenvalue weighted by molar-refractivity contribution is 0.0268. The maximum Gasteiger partial charge on any atom is 0.191 e. The van der Waals surface area contributed by atoms with E-state index in [9.17, 15) is 0 Å². The van der Waals surface area contributed by atoms with Crippen molar-refractivity contribution in [3.05, 3.63) is 30.3 Å². The van der Waals surface area contributed by atoms with Gasteiger partial charge in [-0.3, -0.25) is 4.99 Å². The van der Waals surface area contributed by atoms with Gasteiger partial charge in [0.15, 0.2) is 5.96 Å². The Labute approximate surface area is 134 Å². The molecule has 0 aliphatic carbocycles. The predicted octanol–water partition coefficient (Wildman–Crippen LogP) is 2.10. The van der Waals surface area contributed by atoms with E-state index < -0.39 is 0 Å². The van der Waals surface area contributed by atoms with Gasteiger partial charge < -0.3 is 20.3 Å². The Morgan fingerprint density at radius 1 is 1.23 bits per heavy atom. The largest absolute Gasteiger partial charge is 0.377 e. The third-order valence-corrected chi connectivity index (χ3v) is 3.62. The van der Waals surface area contributed by atoms with Gasteiger partial charge in [-0.2, -0.15) is 0 Å². The molecule has 0 amide bonds. The number of nitrogens with one attached hydrogen (secondary N) is 2. The van der Waals surface area contributed by atoms with Gasteiger partial charge in [-0.1, -0.05) is 18.2 Å². The molecule has 0 saturated carbocycles. The quantitative estimate of drug-likeness (QED) is 0.439. The Kier molecular flexibility index (Phi) is 7.74. The molecule has 0 fully saturated rings. The molecule has 1 aromatic rings. The number of para-hydroxylation sites is 1. The van der Waals surface area contributed by atoms with Gasteiger partial charge in [0, 0.05) is 46.5 Å². The molecular weight excluding hydrogens is 276 g/mol. The molecule has 0 saturated heterocycles. The molecule has 1 rings (SSSR count). The van der Waals surface area contributed by atoms with Crippen molar-refractivity contribution in [2.24, 2.45) is 4.99 Å². The van der Waals surface area contributed by atoms with Crippen molar-refractivity contribution in [2.45, 2.75) is 25.9 Å². The monoisotopic (exact) mass is 306 g/mol. The molecule has 0 spiro atoms. The number of rotatable bonds is 8. The number of hydrogen-bond donors (Lipinski definition) is 2. The molecule has 0 aromatic heterocycles. The van der Waals surface area contributed by atoms with Gasteiger partial charge in [0.1, 0.15) is 0 Å². The first-order chi connectivity index (χ1) is 10.5. The van der Waals surface area contributed by atoms with Crippen LogP contribution in [0, 0.1) is 0 Å². The standard InChI is InChI=1S/C17H30N4O/c1-17(2,22-5)14-20-16(18-3)19-12-9-13-21(4)15-10-7-6-8-11-15/h6-8,10-11H,9,12-14H2,1-5H3,(H2,18,19,20). The van der Waals surface area contributed by atoms with Crippen LogP contribution in [0.3, 0.4) is 0 Å². The zero-order valence-electron chi connectivity index (χ0n) is 14.5. The molecule has 0 bridgehead atoms. The van der Waals surface area contributed by atoms with E-state index in [4.69, 9.17) is 4.74 Å². The second-order valence-electron chi connectivity index (χ2n) is 5.93. The highest BCUT2D eigenvalue weighted by molar-refractivity contribution is 5.79. The zero-order chi connectivity index (χ0) is 16.4. The van der Waals surface area contributed by atoms with Gasteiger partial charge in [0.2, 0.25) is 0 Å². The molecule has 0 radical (unpaired) electrons. The Balaban J connectivity index is 2.25. The lowest BCUT2D eigenvalue weighted by Gasteiger charge is -2.24. The lowest BCUT2D eigenvalue weighted by Crippen LogP contribution is -2.45. The zero-order valence-corrected chi connectivity index (χ0v) is 14.5. The third kappa shape index (κ3) is 6.80. The van der Waals surface area contributed by atoms with E-state index in [1.54, 1.807) is 14.2 Å². The third-order valence-electron chi connectivity index (χ3n) is 3.62. The van der Waals surface area contributed by atoms with Crippen molar-refractivity contribution in [2.75, 3.05) is 45.7 Å². The summed E-state index contributed by atoms with van der Waals surface area (Å²) in [5.74, 6) is 0.812. The van der Waals surface area contributed by atoms with Crippen LogP contribution in [-0.2, 0) is 4.74 Å². The van der Waals surface area contributed by atoms with Gasteiger partial charge in [-0.15, -0.1) is 0 Å². The average molecular weight is 306 g/mol. The molecule has 5 nitrogen and oxygen atoms in total. The SMILES string of the molecule is CN=C(NCCCN(C)c1ccccc1)NCC(C)(C)OC. The highest BCUT2D eigenvalue weighted by Crippen LogP contribution is 2.10. The minimum Gasteiger partial charge on any atom is -0.377 e. The van der Waals surface area contributed by atoms with Crippen LogP contribution in [0.15, 0.2) is 35.3 Å². The maximum atomic E-state index is 5.39. The lowest BCUT2D eigenvalue weighted by atomic mass is 10.1. The Morgan fingerprint density at radius 3 is 2.50 bits per heavy atom. The van der Waals surface area contributed by atoms with Crippen molar-refractivity contribution >= 4 is 11.6 Å². The number of hydrogen-bond acceptors (Lipinski definition) is 3. The van der Waals surface area contributed by atoms with E-state index in [1.165, 1.54) is 5.69 Å². The molecule has 0 atom stereocenters. The second kappa shape index (κ2) is 9.30. The number of methoxy groups -OCH3 is 1. The smallest absolute Gasteiger partial charge is 0.191 e. The Morgan fingerprint density at radius 2 is 1.91 bits per heavy atom. The van der Waals surface area contributed by atoms with Crippen molar-refractivity contribution in [1.82, 2.24) is 10.6 Å². The van der Waals surface area contributed by atoms with Crippen molar-refractivity contribution in [3.8, 4) is 0 Å². The summed E-state index contributed by atoms with van der Waals surface area (Å²) >= 11 is 0. The van der Waals surface area contributed by atoms with Crippen molar-refractivity contribution in [1.29, 1.82) is 0 Å². The molecule has 5 heteroatoms. The molecule has 0 unspecified atom stereocenters. The molecule has 1 aromatic carbocycles. The van der Waals surface area contributed by atoms with Crippen molar-refractivity contribution in [3.63, 3.8) is 0 Å². The Hall–Kier alpha value is -1.75. The van der Waals surface area contributed by atoms with Crippen LogP contribution < -0.4 is 15.5 Å². The second-order valence-corrected chi connectivity index (χ2v) is 5.93. The predicted molar refractivity (Wildman–Crippen MR) is 94.8 cm³/mol. The van der Waals surface area contributed by atoms with E-state index in [1.807, 2.05) is 19.9 Å². The maximum absolute atomic E-state index is 5.39. The first-order valence-corrected chi connectivity index (χ1v) is 7.74. The summed E-state index contributed by atoms with van der Waals surface area (Å²) in [6.07, 6.45) is 1.04. The molecular formula is C17H30N4O. The van der Waals surface area contributed by atoms with Gasteiger partial charge in [-0.05, 0) is 32.4 Å². The average Bonchev–Trinajstić information content (AvgIpc) is 2.54. The van der Waals surface area contributed by atoms with Crippen LogP contribution in [0.25, 0.3) is 0 Å². The summed E-state index contributed by atoms with van der Waals surface area (Å²) in [5.41, 5.74) is 1.04. The van der Waals surface area contributed by atoms with Crippen LogP contribution in [0.2, 0.25) is 0 Å². The van der Waals surface area contributed by atoms with Gasteiger partial charge in [-0.25, -0.2) is 0 Å².